The van der Waals surface area contributed by atoms with Gasteiger partial charge in [0.15, 0.2) is 11.5 Å². The predicted molar refractivity (Wildman–Crippen MR) is 85.7 cm³/mol. The second-order valence-electron chi connectivity index (χ2n) is 4.76. The molecule has 0 saturated carbocycles. The quantitative estimate of drug-likeness (QED) is 0.783. The van der Waals surface area contributed by atoms with Crippen LogP contribution in [0.4, 0.5) is 0 Å². The molecule has 0 fully saturated rings. The molecule has 0 bridgehead atoms. The summed E-state index contributed by atoms with van der Waals surface area (Å²) in [6.45, 7) is 1.61. The molecule has 0 radical (unpaired) electrons. The van der Waals surface area contributed by atoms with Crippen molar-refractivity contribution in [1.29, 1.82) is 0 Å². The summed E-state index contributed by atoms with van der Waals surface area (Å²) < 4.78 is 45.4. The highest BCUT2D eigenvalue weighted by Crippen LogP contribution is 2.39. The van der Waals surface area contributed by atoms with Gasteiger partial charge in [-0.05, 0) is 6.92 Å². The van der Waals surface area contributed by atoms with Gasteiger partial charge < -0.3 is 23.4 Å². The molecular weight excluding hydrogens is 338 g/mol. The Bertz CT molecular complexity index is 877. The molecule has 0 saturated heterocycles. The highest BCUT2D eigenvalue weighted by atomic mass is 32.2. The van der Waals surface area contributed by atoms with Crippen molar-refractivity contribution in [2.24, 2.45) is 0 Å². The van der Waals surface area contributed by atoms with Crippen molar-refractivity contribution in [1.82, 2.24) is 4.98 Å². The van der Waals surface area contributed by atoms with E-state index in [1.807, 2.05) is 0 Å². The Labute approximate surface area is 139 Å². The highest BCUT2D eigenvalue weighted by molar-refractivity contribution is 7.87. The lowest BCUT2D eigenvalue weighted by Crippen LogP contribution is -2.13. The van der Waals surface area contributed by atoms with Crippen molar-refractivity contribution in [2.75, 3.05) is 21.3 Å². The van der Waals surface area contributed by atoms with Crippen molar-refractivity contribution in [3.8, 4) is 23.0 Å². The zero-order valence-electron chi connectivity index (χ0n) is 13.6. The molecule has 8 nitrogen and oxygen atoms in total. The lowest BCUT2D eigenvalue weighted by Gasteiger charge is -2.14. The first-order valence-electron chi connectivity index (χ1n) is 6.76. The van der Waals surface area contributed by atoms with Gasteiger partial charge in [-0.15, -0.1) is 0 Å². The summed E-state index contributed by atoms with van der Waals surface area (Å²) in [5.41, 5.74) is 0.00249. The fourth-order valence-corrected chi connectivity index (χ4v) is 3.02. The summed E-state index contributed by atoms with van der Waals surface area (Å²) in [5.74, 6) is 0.498. The summed E-state index contributed by atoms with van der Waals surface area (Å²) >= 11 is 0. The maximum Gasteiger partial charge on any atom is 0.339 e. The minimum atomic E-state index is -4.21. The van der Waals surface area contributed by atoms with Gasteiger partial charge in [-0.2, -0.15) is 8.42 Å². The first-order valence-corrected chi connectivity index (χ1v) is 8.17. The minimum absolute atomic E-state index is 0.0926. The molecule has 0 aliphatic rings. The standard InChI is InChI=1S/C15H17NO7S/c1-9-5-10(6-14(17)16-9)23-24(18,19)11-7-12(20-2)15(22-4)13(8-11)21-3/h5-8H,1-4H3,(H,16,17). The number of hydrogen-bond donors (Lipinski definition) is 1. The highest BCUT2D eigenvalue weighted by Gasteiger charge is 2.23. The molecule has 0 aliphatic heterocycles. The van der Waals surface area contributed by atoms with Crippen LogP contribution >= 0.6 is 0 Å². The smallest absolute Gasteiger partial charge is 0.339 e. The number of benzene rings is 1. The van der Waals surface area contributed by atoms with Gasteiger partial charge in [-0.1, -0.05) is 0 Å². The van der Waals surface area contributed by atoms with Crippen molar-refractivity contribution in [3.63, 3.8) is 0 Å². The SMILES string of the molecule is COc1cc(S(=O)(=O)Oc2cc(C)[nH]c(=O)c2)cc(OC)c1OC. The van der Waals surface area contributed by atoms with Crippen LogP contribution in [0.5, 0.6) is 23.0 Å². The molecule has 1 aromatic carbocycles. The lowest BCUT2D eigenvalue weighted by molar-refractivity contribution is 0.322. The van der Waals surface area contributed by atoms with Crippen molar-refractivity contribution >= 4 is 10.1 Å². The molecule has 24 heavy (non-hydrogen) atoms. The molecule has 130 valence electrons. The van der Waals surface area contributed by atoms with Crippen LogP contribution in [0.2, 0.25) is 0 Å². The average Bonchev–Trinajstić information content (AvgIpc) is 2.51. The lowest BCUT2D eigenvalue weighted by atomic mass is 10.3. The Kier molecular flexibility index (Phi) is 5.03. The van der Waals surface area contributed by atoms with Crippen LogP contribution in [0.25, 0.3) is 0 Å². The monoisotopic (exact) mass is 355 g/mol. The van der Waals surface area contributed by atoms with Crippen LogP contribution in [0.1, 0.15) is 5.69 Å². The Morgan fingerprint density at radius 2 is 1.50 bits per heavy atom. The topological polar surface area (TPSA) is 104 Å². The van der Waals surface area contributed by atoms with E-state index < -0.39 is 15.7 Å². The van der Waals surface area contributed by atoms with Gasteiger partial charge in [0.25, 0.3) is 5.56 Å². The third kappa shape index (κ3) is 3.62. The second kappa shape index (κ2) is 6.83. The van der Waals surface area contributed by atoms with Crippen LogP contribution in [0, 0.1) is 6.92 Å². The van der Waals surface area contributed by atoms with Gasteiger partial charge in [0.2, 0.25) is 5.75 Å². The number of methoxy groups -OCH3 is 3. The van der Waals surface area contributed by atoms with Crippen LogP contribution < -0.4 is 24.0 Å². The van der Waals surface area contributed by atoms with Crippen molar-refractivity contribution in [2.45, 2.75) is 11.8 Å². The molecule has 0 amide bonds. The van der Waals surface area contributed by atoms with E-state index in [4.69, 9.17) is 18.4 Å². The fourth-order valence-electron chi connectivity index (χ4n) is 2.08. The van der Waals surface area contributed by atoms with Crippen LogP contribution in [-0.4, -0.2) is 34.7 Å². The zero-order chi connectivity index (χ0) is 17.9. The van der Waals surface area contributed by atoms with Gasteiger partial charge >= 0.3 is 10.1 Å². The minimum Gasteiger partial charge on any atom is -0.493 e. The van der Waals surface area contributed by atoms with Gasteiger partial charge in [0.05, 0.1) is 21.3 Å². The number of H-pyrrole nitrogens is 1. The van der Waals surface area contributed by atoms with E-state index in [-0.39, 0.29) is 27.9 Å². The summed E-state index contributed by atoms with van der Waals surface area (Å²) in [6.07, 6.45) is 0. The molecule has 9 heteroatoms. The first-order chi connectivity index (χ1) is 11.3. The molecule has 1 heterocycles. The molecule has 0 aliphatic carbocycles. The zero-order valence-corrected chi connectivity index (χ0v) is 14.4. The molecule has 2 rings (SSSR count). The van der Waals surface area contributed by atoms with Gasteiger partial charge in [0.1, 0.15) is 10.6 Å². The molecule has 0 spiro atoms. The van der Waals surface area contributed by atoms with E-state index in [0.717, 1.165) is 6.07 Å². The van der Waals surface area contributed by atoms with Crippen LogP contribution in [0.3, 0.4) is 0 Å². The van der Waals surface area contributed by atoms with Gasteiger partial charge in [-0.3, -0.25) is 4.79 Å². The van der Waals surface area contributed by atoms with E-state index in [1.54, 1.807) is 6.92 Å². The summed E-state index contributed by atoms with van der Waals surface area (Å²) in [5, 5.41) is 0. The number of hydrogen-bond acceptors (Lipinski definition) is 7. The van der Waals surface area contributed by atoms with E-state index in [1.165, 1.54) is 39.5 Å². The molecular formula is C15H17NO7S. The summed E-state index contributed by atoms with van der Waals surface area (Å²) in [4.78, 5) is 13.7. The largest absolute Gasteiger partial charge is 0.493 e. The van der Waals surface area contributed by atoms with E-state index in [2.05, 4.69) is 4.98 Å². The maximum absolute atomic E-state index is 12.5. The van der Waals surface area contributed by atoms with Crippen molar-refractivity contribution < 1.29 is 26.8 Å². The maximum atomic E-state index is 12.5. The van der Waals surface area contributed by atoms with E-state index >= 15 is 0 Å². The Morgan fingerprint density at radius 3 is 1.96 bits per heavy atom. The van der Waals surface area contributed by atoms with Crippen LogP contribution in [0.15, 0.2) is 34.0 Å². The Morgan fingerprint density at radius 1 is 0.917 bits per heavy atom. The molecule has 2 aromatic rings. The number of aromatic amines is 1. The number of aromatic nitrogens is 1. The summed E-state index contributed by atoms with van der Waals surface area (Å²) in [6, 6.07) is 4.94. The molecule has 1 aromatic heterocycles. The predicted octanol–water partition coefficient (Wildman–Crippen LogP) is 1.48. The number of ether oxygens (including phenoxy) is 3. The Hall–Kier alpha value is -2.68. The molecule has 0 atom stereocenters. The third-order valence-corrected chi connectivity index (χ3v) is 4.31. The summed E-state index contributed by atoms with van der Waals surface area (Å²) in [7, 11) is -0.0592. The number of nitrogens with one attached hydrogen (secondary N) is 1. The second-order valence-corrected chi connectivity index (χ2v) is 6.31. The number of aryl methyl sites for hydroxylation is 1. The van der Waals surface area contributed by atoms with Gasteiger partial charge in [0, 0.05) is 30.0 Å². The van der Waals surface area contributed by atoms with Crippen LogP contribution in [-0.2, 0) is 10.1 Å². The molecule has 1 N–H and O–H groups in total. The fraction of sp³-hybridized carbons (Fsp3) is 0.267. The van der Waals surface area contributed by atoms with E-state index in [9.17, 15) is 13.2 Å². The normalized spacial score (nSPS) is 11.0. The third-order valence-electron chi connectivity index (χ3n) is 3.09. The van der Waals surface area contributed by atoms with Crippen molar-refractivity contribution in [3.05, 3.63) is 40.3 Å². The van der Waals surface area contributed by atoms with E-state index in [0.29, 0.717) is 5.69 Å². The average molecular weight is 355 g/mol. The molecule has 0 unspecified atom stereocenters. The number of pyridine rings is 1. The first kappa shape index (κ1) is 17.7. The van der Waals surface area contributed by atoms with Gasteiger partial charge in [-0.25, -0.2) is 0 Å². The Balaban J connectivity index is 2.50. The number of rotatable bonds is 6.